The average Bonchev–Trinajstić information content (AvgIpc) is 3.37. The molecule has 0 atom stereocenters. The van der Waals surface area contributed by atoms with Gasteiger partial charge < -0.3 is 5.32 Å². The number of amides is 1. The zero-order valence-corrected chi connectivity index (χ0v) is 15.3. The van der Waals surface area contributed by atoms with Crippen molar-refractivity contribution in [1.29, 1.82) is 0 Å². The van der Waals surface area contributed by atoms with Crippen LogP contribution < -0.4 is 5.32 Å². The standard InChI is InChI=1S/C17H16ClF3N4O3/c18-12-5-4-11(8-14(12)25(27)28)16(26)22-6-1-7-24-13(10-2-3-10)9-15(23-24)17(19,20)21/h4-5,8-10H,1-3,6-7H2,(H,22,26). The van der Waals surface area contributed by atoms with Gasteiger partial charge in [0.2, 0.25) is 0 Å². The number of rotatable bonds is 7. The maximum atomic E-state index is 12.9. The number of benzene rings is 1. The largest absolute Gasteiger partial charge is 0.435 e. The SMILES string of the molecule is O=C(NCCCn1nc(C(F)(F)F)cc1C1CC1)c1ccc(Cl)c([N+](=O)[O-])c1. The summed E-state index contributed by atoms with van der Waals surface area (Å²) in [6, 6.07) is 4.78. The lowest BCUT2D eigenvalue weighted by atomic mass is 10.2. The van der Waals surface area contributed by atoms with E-state index in [9.17, 15) is 28.1 Å². The van der Waals surface area contributed by atoms with E-state index in [1.807, 2.05) is 0 Å². The Hall–Kier alpha value is -2.62. The highest BCUT2D eigenvalue weighted by Crippen LogP contribution is 2.42. The molecule has 3 rings (SSSR count). The number of aromatic nitrogens is 2. The fourth-order valence-corrected chi connectivity index (χ4v) is 2.97. The van der Waals surface area contributed by atoms with Crippen LogP contribution in [-0.4, -0.2) is 27.2 Å². The number of nitro groups is 1. The molecular weight excluding hydrogens is 401 g/mol. The van der Waals surface area contributed by atoms with E-state index in [2.05, 4.69) is 10.4 Å². The van der Waals surface area contributed by atoms with Gasteiger partial charge in [0, 0.05) is 36.3 Å². The quantitative estimate of drug-likeness (QED) is 0.417. The molecule has 0 spiro atoms. The highest BCUT2D eigenvalue weighted by atomic mass is 35.5. The summed E-state index contributed by atoms with van der Waals surface area (Å²) >= 11 is 5.71. The van der Waals surface area contributed by atoms with Crippen LogP contribution in [0.25, 0.3) is 0 Å². The molecule has 150 valence electrons. The first-order valence-corrected chi connectivity index (χ1v) is 8.91. The molecule has 1 aliphatic carbocycles. The Kier molecular flexibility index (Phi) is 5.59. The second-order valence-corrected chi connectivity index (χ2v) is 6.89. The lowest BCUT2D eigenvalue weighted by Gasteiger charge is -2.08. The van der Waals surface area contributed by atoms with Gasteiger partial charge in [0.1, 0.15) is 5.02 Å². The number of hydrogen-bond donors (Lipinski definition) is 1. The number of carbonyl (C=O) groups excluding carboxylic acids is 1. The van der Waals surface area contributed by atoms with Crippen molar-refractivity contribution < 1.29 is 22.9 Å². The first-order chi connectivity index (χ1) is 13.2. The minimum Gasteiger partial charge on any atom is -0.352 e. The molecule has 0 unspecified atom stereocenters. The zero-order valence-electron chi connectivity index (χ0n) is 14.5. The van der Waals surface area contributed by atoms with Crippen molar-refractivity contribution in [3.8, 4) is 0 Å². The predicted molar refractivity (Wildman–Crippen MR) is 94.3 cm³/mol. The van der Waals surface area contributed by atoms with Crippen molar-refractivity contribution in [3.05, 3.63) is 56.4 Å². The Labute approximate surface area is 162 Å². The van der Waals surface area contributed by atoms with Crippen LogP contribution in [0.5, 0.6) is 0 Å². The number of aryl methyl sites for hydroxylation is 1. The summed E-state index contributed by atoms with van der Waals surface area (Å²) in [6.45, 7) is 0.406. The Morgan fingerprint density at radius 3 is 2.68 bits per heavy atom. The van der Waals surface area contributed by atoms with Crippen molar-refractivity contribution >= 4 is 23.2 Å². The van der Waals surface area contributed by atoms with E-state index >= 15 is 0 Å². The molecule has 0 radical (unpaired) electrons. The van der Waals surface area contributed by atoms with Crippen LogP contribution in [0.3, 0.4) is 0 Å². The van der Waals surface area contributed by atoms with Crippen LogP contribution in [0.1, 0.15) is 46.9 Å². The molecule has 1 aromatic carbocycles. The number of nitrogens with one attached hydrogen (secondary N) is 1. The molecule has 1 aromatic heterocycles. The maximum Gasteiger partial charge on any atom is 0.435 e. The van der Waals surface area contributed by atoms with E-state index < -0.39 is 22.7 Å². The van der Waals surface area contributed by atoms with E-state index in [1.165, 1.54) is 16.8 Å². The highest BCUT2D eigenvalue weighted by Gasteiger charge is 2.37. The third-order valence-electron chi connectivity index (χ3n) is 4.33. The molecular formula is C17H16ClF3N4O3. The minimum atomic E-state index is -4.49. The van der Waals surface area contributed by atoms with Crippen molar-refractivity contribution in [1.82, 2.24) is 15.1 Å². The van der Waals surface area contributed by atoms with Gasteiger partial charge in [0.15, 0.2) is 5.69 Å². The normalized spacial score (nSPS) is 14.1. The van der Waals surface area contributed by atoms with Crippen LogP contribution in [0.4, 0.5) is 18.9 Å². The highest BCUT2D eigenvalue weighted by molar-refractivity contribution is 6.32. The average molecular weight is 417 g/mol. The van der Waals surface area contributed by atoms with Crippen LogP contribution in [-0.2, 0) is 12.7 Å². The maximum absolute atomic E-state index is 12.9. The smallest absolute Gasteiger partial charge is 0.352 e. The third kappa shape index (κ3) is 4.61. The van der Waals surface area contributed by atoms with Crippen molar-refractivity contribution in [2.75, 3.05) is 6.54 Å². The molecule has 2 aromatic rings. The molecule has 1 saturated carbocycles. The van der Waals surface area contributed by atoms with Gasteiger partial charge in [-0.1, -0.05) is 11.6 Å². The summed E-state index contributed by atoms with van der Waals surface area (Å²) in [4.78, 5) is 22.3. The van der Waals surface area contributed by atoms with Gasteiger partial charge in [-0.25, -0.2) is 0 Å². The number of halogens is 4. The van der Waals surface area contributed by atoms with E-state index in [1.54, 1.807) is 0 Å². The Bertz CT molecular complexity index is 910. The number of carbonyl (C=O) groups is 1. The molecule has 0 saturated heterocycles. The Morgan fingerprint density at radius 2 is 2.07 bits per heavy atom. The molecule has 28 heavy (non-hydrogen) atoms. The first-order valence-electron chi connectivity index (χ1n) is 8.54. The van der Waals surface area contributed by atoms with Gasteiger partial charge in [-0.3, -0.25) is 19.6 Å². The summed E-state index contributed by atoms with van der Waals surface area (Å²) in [7, 11) is 0. The summed E-state index contributed by atoms with van der Waals surface area (Å²) in [6.07, 6.45) is -2.45. The molecule has 0 bridgehead atoms. The van der Waals surface area contributed by atoms with Crippen LogP contribution in [0.2, 0.25) is 5.02 Å². The van der Waals surface area contributed by atoms with Crippen LogP contribution in [0.15, 0.2) is 24.3 Å². The van der Waals surface area contributed by atoms with Crippen LogP contribution >= 0.6 is 11.6 Å². The van der Waals surface area contributed by atoms with Crippen molar-refractivity contribution in [3.63, 3.8) is 0 Å². The number of alkyl halides is 3. The van der Waals surface area contributed by atoms with E-state index in [4.69, 9.17) is 11.6 Å². The van der Waals surface area contributed by atoms with Crippen molar-refractivity contribution in [2.24, 2.45) is 0 Å². The first kappa shape index (κ1) is 20.1. The fourth-order valence-electron chi connectivity index (χ4n) is 2.78. The summed E-state index contributed by atoms with van der Waals surface area (Å²) in [5.41, 5.74) is -0.647. The zero-order chi connectivity index (χ0) is 20.5. The molecule has 1 fully saturated rings. The van der Waals surface area contributed by atoms with E-state index in [-0.39, 0.29) is 35.3 Å². The van der Waals surface area contributed by atoms with Gasteiger partial charge in [-0.2, -0.15) is 18.3 Å². The third-order valence-corrected chi connectivity index (χ3v) is 4.65. The molecule has 1 heterocycles. The van der Waals surface area contributed by atoms with E-state index in [0.29, 0.717) is 12.1 Å². The lowest BCUT2D eigenvalue weighted by molar-refractivity contribution is -0.384. The molecule has 1 aliphatic rings. The summed E-state index contributed by atoms with van der Waals surface area (Å²) < 4.78 is 40.0. The number of hydrogen-bond acceptors (Lipinski definition) is 4. The molecule has 1 N–H and O–H groups in total. The molecule has 11 heteroatoms. The lowest BCUT2D eigenvalue weighted by Crippen LogP contribution is -2.25. The number of nitro benzene ring substituents is 1. The van der Waals surface area contributed by atoms with Gasteiger partial charge in [0.05, 0.1) is 4.92 Å². The minimum absolute atomic E-state index is 0.0756. The topological polar surface area (TPSA) is 90.1 Å². The Morgan fingerprint density at radius 1 is 1.36 bits per heavy atom. The predicted octanol–water partition coefficient (Wildman–Crippen LogP) is 4.16. The second kappa shape index (κ2) is 7.78. The molecule has 0 aliphatic heterocycles. The van der Waals surface area contributed by atoms with Crippen molar-refractivity contribution in [2.45, 2.75) is 37.9 Å². The summed E-state index contributed by atoms with van der Waals surface area (Å²) in [5, 5.41) is 17.0. The van der Waals surface area contributed by atoms with Gasteiger partial charge >= 0.3 is 6.18 Å². The second-order valence-electron chi connectivity index (χ2n) is 6.48. The van der Waals surface area contributed by atoms with Gasteiger partial charge in [-0.05, 0) is 37.5 Å². The summed E-state index contributed by atoms with van der Waals surface area (Å²) in [5.74, 6) is -0.425. The number of nitrogens with zero attached hydrogens (tertiary/aromatic N) is 3. The Balaban J connectivity index is 1.58. The van der Waals surface area contributed by atoms with Crippen LogP contribution in [0, 0.1) is 10.1 Å². The monoisotopic (exact) mass is 416 g/mol. The van der Waals surface area contributed by atoms with E-state index in [0.717, 1.165) is 25.0 Å². The fraction of sp³-hybridized carbons (Fsp3) is 0.412. The van der Waals surface area contributed by atoms with Gasteiger partial charge in [0.25, 0.3) is 11.6 Å². The molecule has 7 nitrogen and oxygen atoms in total. The molecule has 1 amide bonds. The van der Waals surface area contributed by atoms with Gasteiger partial charge in [-0.15, -0.1) is 0 Å².